The highest BCUT2D eigenvalue weighted by atomic mass is 32.1. The van der Waals surface area contributed by atoms with Gasteiger partial charge in [-0.25, -0.2) is 0 Å². The van der Waals surface area contributed by atoms with Crippen molar-refractivity contribution in [3.63, 3.8) is 0 Å². The molecule has 2 nitrogen and oxygen atoms in total. The monoisotopic (exact) mass is 166 g/mol. The molecule has 2 heterocycles. The molecule has 2 aromatic rings. The van der Waals surface area contributed by atoms with Gasteiger partial charge in [0.05, 0.1) is 10.2 Å². The molecular weight excluding hydrogens is 156 g/mol. The van der Waals surface area contributed by atoms with Crippen molar-refractivity contribution < 1.29 is 0 Å². The van der Waals surface area contributed by atoms with Crippen LogP contribution in [0.3, 0.4) is 0 Å². The maximum absolute atomic E-state index is 5.47. The number of thiophene rings is 1. The molecule has 2 aromatic heterocycles. The fraction of sp³-hybridized carbons (Fsp3) is 0.250. The van der Waals surface area contributed by atoms with Crippen molar-refractivity contribution in [2.75, 3.05) is 6.54 Å². The summed E-state index contributed by atoms with van der Waals surface area (Å²) in [6, 6.07) is 2.10. The maximum Gasteiger partial charge on any atom is 0.0566 e. The lowest BCUT2D eigenvalue weighted by molar-refractivity contribution is 0.977. The molecule has 0 fully saturated rings. The Hall–Kier alpha value is -0.800. The lowest BCUT2D eigenvalue weighted by Crippen LogP contribution is -2.01. The van der Waals surface area contributed by atoms with Crippen LogP contribution in [0.15, 0.2) is 17.6 Å². The SMILES string of the molecule is NCCc1c[nH]c2ccsc12. The fourth-order valence-corrected chi connectivity index (χ4v) is 2.15. The summed E-state index contributed by atoms with van der Waals surface area (Å²) in [6.45, 7) is 0.727. The fourth-order valence-electron chi connectivity index (χ4n) is 1.24. The molecule has 0 spiro atoms. The van der Waals surface area contributed by atoms with E-state index in [1.807, 2.05) is 6.20 Å². The predicted octanol–water partition coefficient (Wildman–Crippen LogP) is 1.73. The number of nitrogens with two attached hydrogens (primary N) is 1. The van der Waals surface area contributed by atoms with Gasteiger partial charge in [-0.3, -0.25) is 0 Å². The average Bonchev–Trinajstić information content (AvgIpc) is 2.53. The predicted molar refractivity (Wildman–Crippen MR) is 48.9 cm³/mol. The van der Waals surface area contributed by atoms with E-state index in [4.69, 9.17) is 5.73 Å². The number of aromatic nitrogens is 1. The summed E-state index contributed by atoms with van der Waals surface area (Å²) < 4.78 is 1.36. The minimum Gasteiger partial charge on any atom is -0.360 e. The molecule has 0 bridgehead atoms. The molecule has 0 radical (unpaired) electrons. The summed E-state index contributed by atoms with van der Waals surface area (Å²) in [5.74, 6) is 0. The van der Waals surface area contributed by atoms with E-state index in [9.17, 15) is 0 Å². The Kier molecular flexibility index (Phi) is 1.68. The van der Waals surface area contributed by atoms with E-state index in [0.717, 1.165) is 13.0 Å². The molecule has 0 aromatic carbocycles. The molecule has 11 heavy (non-hydrogen) atoms. The lowest BCUT2D eigenvalue weighted by Gasteiger charge is -1.89. The summed E-state index contributed by atoms with van der Waals surface area (Å²) in [7, 11) is 0. The molecule has 0 saturated heterocycles. The minimum atomic E-state index is 0.727. The van der Waals surface area contributed by atoms with Gasteiger partial charge >= 0.3 is 0 Å². The molecule has 0 amide bonds. The second-order valence-corrected chi connectivity index (χ2v) is 3.43. The zero-order valence-electron chi connectivity index (χ0n) is 6.13. The summed E-state index contributed by atoms with van der Waals surface area (Å²) in [5, 5.41) is 2.10. The number of aromatic amines is 1. The topological polar surface area (TPSA) is 41.8 Å². The normalized spacial score (nSPS) is 11.0. The van der Waals surface area contributed by atoms with Gasteiger partial charge in [-0.05, 0) is 30.0 Å². The standard InChI is InChI=1S/C8H10N2S/c9-3-1-6-5-10-7-2-4-11-8(6)7/h2,4-5,10H,1,3,9H2. The maximum atomic E-state index is 5.47. The van der Waals surface area contributed by atoms with Crippen LogP contribution in [-0.2, 0) is 6.42 Å². The molecule has 0 aliphatic heterocycles. The molecule has 3 heteroatoms. The van der Waals surface area contributed by atoms with Crippen molar-refractivity contribution in [3.8, 4) is 0 Å². The van der Waals surface area contributed by atoms with Crippen LogP contribution < -0.4 is 5.73 Å². The van der Waals surface area contributed by atoms with Crippen molar-refractivity contribution in [1.82, 2.24) is 4.98 Å². The van der Waals surface area contributed by atoms with E-state index in [0.29, 0.717) is 0 Å². The quantitative estimate of drug-likeness (QED) is 0.701. The van der Waals surface area contributed by atoms with Crippen LogP contribution in [0.2, 0.25) is 0 Å². The third-order valence-electron chi connectivity index (χ3n) is 1.77. The van der Waals surface area contributed by atoms with Gasteiger partial charge in [-0.15, -0.1) is 11.3 Å². The highest BCUT2D eigenvalue weighted by molar-refractivity contribution is 7.17. The number of hydrogen-bond donors (Lipinski definition) is 2. The molecule has 0 aliphatic carbocycles. The van der Waals surface area contributed by atoms with Gasteiger partial charge in [0, 0.05) is 6.20 Å². The van der Waals surface area contributed by atoms with Crippen LogP contribution in [0.4, 0.5) is 0 Å². The summed E-state index contributed by atoms with van der Waals surface area (Å²) in [6.07, 6.45) is 3.02. The number of fused-ring (bicyclic) bond motifs is 1. The highest BCUT2D eigenvalue weighted by Gasteiger charge is 2.02. The van der Waals surface area contributed by atoms with Crippen LogP contribution in [0.25, 0.3) is 10.2 Å². The first kappa shape index (κ1) is 6.88. The third-order valence-corrected chi connectivity index (χ3v) is 2.76. The van der Waals surface area contributed by atoms with Gasteiger partial charge < -0.3 is 10.7 Å². The van der Waals surface area contributed by atoms with E-state index < -0.39 is 0 Å². The summed E-state index contributed by atoms with van der Waals surface area (Å²) >= 11 is 1.77. The Bertz CT molecular complexity index is 347. The van der Waals surface area contributed by atoms with Crippen molar-refractivity contribution in [3.05, 3.63) is 23.2 Å². The Morgan fingerprint density at radius 3 is 3.27 bits per heavy atom. The lowest BCUT2D eigenvalue weighted by atomic mass is 10.2. The van der Waals surface area contributed by atoms with E-state index in [1.165, 1.54) is 15.8 Å². The van der Waals surface area contributed by atoms with Crippen molar-refractivity contribution in [2.24, 2.45) is 5.73 Å². The van der Waals surface area contributed by atoms with Gasteiger partial charge in [0.1, 0.15) is 0 Å². The zero-order chi connectivity index (χ0) is 7.68. The first-order valence-electron chi connectivity index (χ1n) is 3.65. The molecule has 0 aliphatic rings. The van der Waals surface area contributed by atoms with Gasteiger partial charge in [-0.2, -0.15) is 0 Å². The van der Waals surface area contributed by atoms with Crippen molar-refractivity contribution >= 4 is 21.6 Å². The Morgan fingerprint density at radius 2 is 2.45 bits per heavy atom. The number of hydrogen-bond acceptors (Lipinski definition) is 2. The first-order chi connectivity index (χ1) is 5.42. The smallest absolute Gasteiger partial charge is 0.0566 e. The minimum absolute atomic E-state index is 0.727. The van der Waals surface area contributed by atoms with Crippen LogP contribution >= 0.6 is 11.3 Å². The number of rotatable bonds is 2. The van der Waals surface area contributed by atoms with E-state index in [-0.39, 0.29) is 0 Å². The van der Waals surface area contributed by atoms with E-state index in [1.54, 1.807) is 11.3 Å². The molecule has 0 saturated carbocycles. The number of H-pyrrole nitrogens is 1. The largest absolute Gasteiger partial charge is 0.360 e. The summed E-state index contributed by atoms with van der Waals surface area (Å²) in [4.78, 5) is 3.21. The van der Waals surface area contributed by atoms with E-state index >= 15 is 0 Å². The molecule has 0 atom stereocenters. The van der Waals surface area contributed by atoms with Crippen LogP contribution in [0.1, 0.15) is 5.56 Å². The highest BCUT2D eigenvalue weighted by Crippen LogP contribution is 2.23. The first-order valence-corrected chi connectivity index (χ1v) is 4.53. The van der Waals surface area contributed by atoms with Gasteiger partial charge in [-0.1, -0.05) is 0 Å². The van der Waals surface area contributed by atoms with Crippen LogP contribution in [0, 0.1) is 0 Å². The average molecular weight is 166 g/mol. The summed E-state index contributed by atoms with van der Waals surface area (Å²) in [5.41, 5.74) is 8.05. The van der Waals surface area contributed by atoms with Gasteiger partial charge in [0.25, 0.3) is 0 Å². The molecule has 2 rings (SSSR count). The Morgan fingerprint density at radius 1 is 1.55 bits per heavy atom. The van der Waals surface area contributed by atoms with Crippen molar-refractivity contribution in [2.45, 2.75) is 6.42 Å². The van der Waals surface area contributed by atoms with Crippen LogP contribution in [0.5, 0.6) is 0 Å². The molecular formula is C8H10N2S. The Balaban J connectivity index is 2.51. The van der Waals surface area contributed by atoms with E-state index in [2.05, 4.69) is 16.4 Å². The molecule has 58 valence electrons. The third kappa shape index (κ3) is 1.06. The zero-order valence-corrected chi connectivity index (χ0v) is 6.95. The molecule has 0 unspecified atom stereocenters. The van der Waals surface area contributed by atoms with Crippen molar-refractivity contribution in [1.29, 1.82) is 0 Å². The Labute approximate surface area is 69.0 Å². The van der Waals surface area contributed by atoms with Gasteiger partial charge in [0.15, 0.2) is 0 Å². The van der Waals surface area contributed by atoms with Crippen LogP contribution in [-0.4, -0.2) is 11.5 Å². The second kappa shape index (κ2) is 2.68. The molecule has 3 N–H and O–H groups in total. The van der Waals surface area contributed by atoms with Gasteiger partial charge in [0.2, 0.25) is 0 Å². The number of nitrogens with one attached hydrogen (secondary N) is 1. The second-order valence-electron chi connectivity index (χ2n) is 2.52.